The second-order valence-corrected chi connectivity index (χ2v) is 4.98. The Morgan fingerprint density at radius 3 is 2.53 bits per heavy atom. The van der Waals surface area contributed by atoms with Crippen LogP contribution in [-0.2, 0) is 4.74 Å². The molecule has 2 aliphatic rings. The topological polar surface area (TPSA) is 33.3 Å². The molecule has 0 bridgehead atoms. The van der Waals surface area contributed by atoms with Crippen LogP contribution in [0.1, 0.15) is 33.1 Å². The average molecular weight is 235 g/mol. The summed E-state index contributed by atoms with van der Waals surface area (Å²) in [5, 5.41) is 6.93. The van der Waals surface area contributed by atoms with Crippen molar-refractivity contribution in [1.82, 2.24) is 10.6 Å². The summed E-state index contributed by atoms with van der Waals surface area (Å²) in [5.41, 5.74) is -0.0541. The lowest BCUT2D eigenvalue weighted by molar-refractivity contribution is -0.0166. The molecule has 0 aliphatic carbocycles. The molecule has 2 heterocycles. The Bertz CT molecular complexity index is 197. The lowest BCUT2D eigenvalue weighted by Gasteiger charge is -2.31. The van der Waals surface area contributed by atoms with Gasteiger partial charge in [-0.15, -0.1) is 12.4 Å². The zero-order valence-corrected chi connectivity index (χ0v) is 10.5. The van der Waals surface area contributed by atoms with Gasteiger partial charge in [0.15, 0.2) is 0 Å². The summed E-state index contributed by atoms with van der Waals surface area (Å²) in [6, 6.07) is 0.515. The predicted molar refractivity (Wildman–Crippen MR) is 64.4 cm³/mol. The molecular formula is C11H23ClN2O. The normalized spacial score (nSPS) is 37.6. The van der Waals surface area contributed by atoms with Crippen molar-refractivity contribution in [2.45, 2.75) is 44.9 Å². The lowest BCUT2D eigenvalue weighted by Crippen LogP contribution is -2.43. The van der Waals surface area contributed by atoms with Gasteiger partial charge in [-0.05, 0) is 52.1 Å². The molecule has 3 nitrogen and oxygen atoms in total. The molecule has 15 heavy (non-hydrogen) atoms. The Balaban J connectivity index is 0.00000112. The first-order valence-corrected chi connectivity index (χ1v) is 5.80. The van der Waals surface area contributed by atoms with Gasteiger partial charge in [-0.2, -0.15) is 0 Å². The van der Waals surface area contributed by atoms with Gasteiger partial charge in [0.05, 0.1) is 6.61 Å². The minimum atomic E-state index is -0.0541. The molecule has 2 rings (SSSR count). The number of hydrogen-bond donors (Lipinski definition) is 2. The summed E-state index contributed by atoms with van der Waals surface area (Å²) in [7, 11) is 0. The van der Waals surface area contributed by atoms with Gasteiger partial charge in [-0.25, -0.2) is 0 Å². The van der Waals surface area contributed by atoms with Gasteiger partial charge in [-0.1, -0.05) is 0 Å². The maximum absolute atomic E-state index is 5.82. The van der Waals surface area contributed by atoms with E-state index in [1.54, 1.807) is 0 Å². The van der Waals surface area contributed by atoms with Gasteiger partial charge in [0.2, 0.25) is 0 Å². The van der Waals surface area contributed by atoms with Gasteiger partial charge in [0.25, 0.3) is 0 Å². The number of rotatable bonds is 2. The van der Waals surface area contributed by atoms with E-state index in [4.69, 9.17) is 4.74 Å². The molecule has 2 N–H and O–H groups in total. The maximum atomic E-state index is 5.82. The van der Waals surface area contributed by atoms with Gasteiger partial charge >= 0.3 is 0 Å². The van der Waals surface area contributed by atoms with Gasteiger partial charge in [0, 0.05) is 6.04 Å². The van der Waals surface area contributed by atoms with Crippen molar-refractivity contribution in [2.75, 3.05) is 19.7 Å². The first-order valence-electron chi connectivity index (χ1n) is 5.80. The summed E-state index contributed by atoms with van der Waals surface area (Å²) < 4.78 is 5.82. The van der Waals surface area contributed by atoms with Crippen LogP contribution in [-0.4, -0.2) is 31.5 Å². The fourth-order valence-corrected chi connectivity index (χ4v) is 2.67. The van der Waals surface area contributed by atoms with Crippen LogP contribution >= 0.6 is 12.4 Å². The van der Waals surface area contributed by atoms with Crippen LogP contribution in [0.4, 0.5) is 0 Å². The summed E-state index contributed by atoms with van der Waals surface area (Å²) in [6.07, 6.45) is 3.77. The highest BCUT2D eigenvalue weighted by molar-refractivity contribution is 5.85. The molecule has 0 aromatic heterocycles. The van der Waals surface area contributed by atoms with Crippen molar-refractivity contribution in [1.29, 1.82) is 0 Å². The molecule has 90 valence electrons. The van der Waals surface area contributed by atoms with E-state index in [0.29, 0.717) is 6.04 Å². The van der Waals surface area contributed by atoms with E-state index in [1.807, 2.05) is 0 Å². The summed E-state index contributed by atoms with van der Waals surface area (Å²) >= 11 is 0. The highest BCUT2D eigenvalue weighted by atomic mass is 35.5. The van der Waals surface area contributed by atoms with Crippen LogP contribution in [0.3, 0.4) is 0 Å². The number of ether oxygens (including phenoxy) is 1. The van der Waals surface area contributed by atoms with E-state index in [-0.39, 0.29) is 18.1 Å². The smallest absolute Gasteiger partial charge is 0.117 e. The minimum Gasteiger partial charge on any atom is -0.359 e. The Morgan fingerprint density at radius 1 is 1.33 bits per heavy atom. The summed E-state index contributed by atoms with van der Waals surface area (Å²) in [4.78, 5) is 0. The van der Waals surface area contributed by atoms with Crippen molar-refractivity contribution in [3.8, 4) is 0 Å². The van der Waals surface area contributed by atoms with E-state index < -0.39 is 0 Å². The monoisotopic (exact) mass is 234 g/mol. The third kappa shape index (κ3) is 3.59. The second-order valence-electron chi connectivity index (χ2n) is 4.98. The largest absolute Gasteiger partial charge is 0.359 e. The number of nitrogens with one attached hydrogen (secondary N) is 2. The van der Waals surface area contributed by atoms with Crippen LogP contribution in [0.5, 0.6) is 0 Å². The molecule has 0 radical (unpaired) electrons. The Kier molecular flexibility index (Phi) is 4.84. The fraction of sp³-hybridized carbons (Fsp3) is 1.00. The summed E-state index contributed by atoms with van der Waals surface area (Å²) in [5.74, 6) is 0.832. The van der Waals surface area contributed by atoms with Crippen LogP contribution in [0.2, 0.25) is 0 Å². The SMILES string of the molecule is CC1COC(C)(CC2CCNCC2)N1.Cl. The summed E-state index contributed by atoms with van der Waals surface area (Å²) in [6.45, 7) is 7.60. The molecular weight excluding hydrogens is 212 g/mol. The standard InChI is InChI=1S/C11H22N2O.ClH/c1-9-8-14-11(2,13-9)7-10-3-5-12-6-4-10;/h9-10,12-13H,3-8H2,1-2H3;1H. The molecule has 0 amide bonds. The van der Waals surface area contributed by atoms with Crippen molar-refractivity contribution in [3.63, 3.8) is 0 Å². The third-order valence-corrected chi connectivity index (χ3v) is 3.34. The van der Waals surface area contributed by atoms with Crippen LogP contribution in [0, 0.1) is 5.92 Å². The molecule has 0 saturated carbocycles. The Hall–Kier alpha value is 0.170. The highest BCUT2D eigenvalue weighted by Crippen LogP contribution is 2.28. The van der Waals surface area contributed by atoms with Crippen LogP contribution in [0.15, 0.2) is 0 Å². The number of piperidine rings is 1. The van der Waals surface area contributed by atoms with E-state index in [2.05, 4.69) is 24.5 Å². The molecule has 4 heteroatoms. The number of halogens is 1. The third-order valence-electron chi connectivity index (χ3n) is 3.34. The number of hydrogen-bond acceptors (Lipinski definition) is 3. The first-order chi connectivity index (χ1) is 6.68. The maximum Gasteiger partial charge on any atom is 0.117 e. The molecule has 0 spiro atoms. The van der Waals surface area contributed by atoms with E-state index in [1.165, 1.54) is 32.4 Å². The minimum absolute atomic E-state index is 0. The quantitative estimate of drug-likeness (QED) is 0.760. The van der Waals surface area contributed by atoms with Crippen LogP contribution < -0.4 is 10.6 Å². The van der Waals surface area contributed by atoms with E-state index in [0.717, 1.165) is 12.5 Å². The highest BCUT2D eigenvalue weighted by Gasteiger charge is 2.35. The van der Waals surface area contributed by atoms with Crippen molar-refractivity contribution >= 4 is 12.4 Å². The van der Waals surface area contributed by atoms with Crippen LogP contribution in [0.25, 0.3) is 0 Å². The molecule has 2 atom stereocenters. The average Bonchev–Trinajstić information content (AvgIpc) is 2.47. The molecule has 0 aromatic carbocycles. The zero-order chi connectivity index (χ0) is 10.0. The second kappa shape index (κ2) is 5.48. The lowest BCUT2D eigenvalue weighted by atomic mass is 9.90. The molecule has 2 unspecified atom stereocenters. The van der Waals surface area contributed by atoms with Crippen molar-refractivity contribution in [3.05, 3.63) is 0 Å². The molecule has 2 saturated heterocycles. The van der Waals surface area contributed by atoms with E-state index in [9.17, 15) is 0 Å². The molecule has 0 aromatic rings. The predicted octanol–water partition coefficient (Wildman–Crippen LogP) is 1.52. The van der Waals surface area contributed by atoms with Gasteiger partial charge in [0.1, 0.15) is 5.72 Å². The fourth-order valence-electron chi connectivity index (χ4n) is 2.67. The molecule has 2 fully saturated rings. The first kappa shape index (κ1) is 13.2. The van der Waals surface area contributed by atoms with Gasteiger partial charge in [-0.3, -0.25) is 5.32 Å². The van der Waals surface area contributed by atoms with Crippen molar-refractivity contribution < 1.29 is 4.74 Å². The van der Waals surface area contributed by atoms with Gasteiger partial charge < -0.3 is 10.1 Å². The van der Waals surface area contributed by atoms with Crippen molar-refractivity contribution in [2.24, 2.45) is 5.92 Å². The zero-order valence-electron chi connectivity index (χ0n) is 9.71. The van der Waals surface area contributed by atoms with E-state index >= 15 is 0 Å². The molecule has 2 aliphatic heterocycles. The Morgan fingerprint density at radius 2 is 2.00 bits per heavy atom. The Labute approximate surface area is 98.7 Å².